The topological polar surface area (TPSA) is 28.2 Å². The van der Waals surface area contributed by atoms with Crippen LogP contribution in [0, 0.1) is 0 Å². The molecule has 0 saturated carbocycles. The van der Waals surface area contributed by atoms with Gasteiger partial charge < -0.3 is 5.32 Å². The van der Waals surface area contributed by atoms with Crippen molar-refractivity contribution in [2.75, 3.05) is 13.1 Å². The quantitative estimate of drug-likeness (QED) is 0.916. The highest BCUT2D eigenvalue weighted by molar-refractivity contribution is 7.07. The minimum atomic E-state index is 0.592. The number of rotatable bonds is 5. The Kier molecular flexibility index (Phi) is 4.79. The number of likely N-dealkylation sites (tertiary alicyclic amines) is 1. The predicted molar refractivity (Wildman–Crippen MR) is 83.7 cm³/mol. The van der Waals surface area contributed by atoms with Gasteiger partial charge in [-0.1, -0.05) is 30.3 Å². The van der Waals surface area contributed by atoms with Crippen LogP contribution in [0.4, 0.5) is 0 Å². The molecule has 2 heterocycles. The van der Waals surface area contributed by atoms with Crippen LogP contribution in [0.15, 0.2) is 41.2 Å². The molecule has 20 heavy (non-hydrogen) atoms. The highest BCUT2D eigenvalue weighted by Crippen LogP contribution is 2.14. The molecule has 1 aromatic heterocycles. The minimum Gasteiger partial charge on any atom is -0.307 e. The number of thiazole rings is 1. The summed E-state index contributed by atoms with van der Waals surface area (Å²) in [6.45, 7) is 4.31. The zero-order chi connectivity index (χ0) is 13.6. The predicted octanol–water partition coefficient (Wildman–Crippen LogP) is 2.90. The highest BCUT2D eigenvalue weighted by atomic mass is 32.1. The summed E-state index contributed by atoms with van der Waals surface area (Å²) in [5.41, 5.74) is 4.47. The fourth-order valence-corrected chi connectivity index (χ4v) is 3.34. The van der Waals surface area contributed by atoms with Crippen LogP contribution in [-0.2, 0) is 13.1 Å². The summed E-state index contributed by atoms with van der Waals surface area (Å²) in [4.78, 5) is 6.88. The fraction of sp³-hybridized carbons (Fsp3) is 0.438. The van der Waals surface area contributed by atoms with Crippen LogP contribution in [0.5, 0.6) is 0 Å². The summed E-state index contributed by atoms with van der Waals surface area (Å²) in [5, 5.41) is 5.76. The molecule has 1 fully saturated rings. The molecule has 106 valence electrons. The third kappa shape index (κ3) is 3.88. The lowest BCUT2D eigenvalue weighted by Crippen LogP contribution is -2.45. The van der Waals surface area contributed by atoms with E-state index in [0.29, 0.717) is 6.04 Å². The van der Waals surface area contributed by atoms with Crippen LogP contribution in [0.3, 0.4) is 0 Å². The Labute approximate surface area is 124 Å². The molecule has 1 aliphatic rings. The Bertz CT molecular complexity index is 498. The number of aromatic nitrogens is 1. The fourth-order valence-electron chi connectivity index (χ4n) is 2.78. The Morgan fingerprint density at radius 2 is 2.20 bits per heavy atom. The number of piperidine rings is 1. The van der Waals surface area contributed by atoms with E-state index in [1.807, 2.05) is 5.51 Å². The molecule has 0 spiro atoms. The number of hydrogen-bond acceptors (Lipinski definition) is 4. The standard InChI is InChI=1S/C16H21N3S/c1-2-5-14(6-3-1)10-19-8-4-7-15(11-19)17-9-16-12-20-13-18-16/h1-3,5-6,12-13,15,17H,4,7-11H2. The second-order valence-corrected chi connectivity index (χ2v) is 6.14. The van der Waals surface area contributed by atoms with Crippen LogP contribution >= 0.6 is 11.3 Å². The number of nitrogens with zero attached hydrogens (tertiary/aromatic N) is 2. The van der Waals surface area contributed by atoms with Gasteiger partial charge in [-0.2, -0.15) is 0 Å². The molecule has 2 aromatic rings. The summed E-state index contributed by atoms with van der Waals surface area (Å²) in [7, 11) is 0. The molecule has 4 heteroatoms. The molecule has 0 amide bonds. The van der Waals surface area contributed by atoms with Gasteiger partial charge in [-0.25, -0.2) is 4.98 Å². The van der Waals surface area contributed by atoms with Crippen molar-refractivity contribution >= 4 is 11.3 Å². The Hall–Kier alpha value is -1.23. The van der Waals surface area contributed by atoms with Crippen LogP contribution < -0.4 is 5.32 Å². The molecule has 0 aliphatic carbocycles. The molecule has 1 N–H and O–H groups in total. The lowest BCUT2D eigenvalue weighted by molar-refractivity contribution is 0.182. The first kappa shape index (κ1) is 13.7. The first-order valence-corrected chi connectivity index (χ1v) is 8.21. The number of hydrogen-bond donors (Lipinski definition) is 1. The average molecular weight is 287 g/mol. The first-order chi connectivity index (χ1) is 9.90. The summed E-state index contributed by atoms with van der Waals surface area (Å²) in [6.07, 6.45) is 2.55. The lowest BCUT2D eigenvalue weighted by atomic mass is 10.0. The van der Waals surface area contributed by atoms with E-state index >= 15 is 0 Å². The van der Waals surface area contributed by atoms with E-state index in [4.69, 9.17) is 0 Å². The Morgan fingerprint density at radius 1 is 1.30 bits per heavy atom. The van der Waals surface area contributed by atoms with Gasteiger partial charge in [-0.3, -0.25) is 4.90 Å². The van der Waals surface area contributed by atoms with Crippen molar-refractivity contribution in [3.8, 4) is 0 Å². The van der Waals surface area contributed by atoms with E-state index < -0.39 is 0 Å². The van der Waals surface area contributed by atoms with Crippen molar-refractivity contribution in [2.24, 2.45) is 0 Å². The minimum absolute atomic E-state index is 0.592. The van der Waals surface area contributed by atoms with Crippen molar-refractivity contribution in [2.45, 2.75) is 32.0 Å². The molecule has 0 radical (unpaired) electrons. The van der Waals surface area contributed by atoms with Gasteiger partial charge in [0.05, 0.1) is 11.2 Å². The smallest absolute Gasteiger partial charge is 0.0795 e. The normalized spacial score (nSPS) is 20.1. The molecule has 3 rings (SSSR count). The first-order valence-electron chi connectivity index (χ1n) is 7.27. The molecular formula is C16H21N3S. The van der Waals surface area contributed by atoms with Crippen molar-refractivity contribution in [3.63, 3.8) is 0 Å². The molecule has 1 atom stereocenters. The van der Waals surface area contributed by atoms with Crippen LogP contribution in [0.2, 0.25) is 0 Å². The zero-order valence-corrected chi connectivity index (χ0v) is 12.5. The molecule has 1 saturated heterocycles. The summed E-state index contributed by atoms with van der Waals surface area (Å²) in [5.74, 6) is 0. The van der Waals surface area contributed by atoms with Gasteiger partial charge in [0.25, 0.3) is 0 Å². The van der Waals surface area contributed by atoms with E-state index in [-0.39, 0.29) is 0 Å². The number of nitrogens with one attached hydrogen (secondary N) is 1. The molecule has 1 unspecified atom stereocenters. The lowest BCUT2D eigenvalue weighted by Gasteiger charge is -2.33. The maximum absolute atomic E-state index is 4.33. The van der Waals surface area contributed by atoms with Crippen LogP contribution in [0.25, 0.3) is 0 Å². The Balaban J connectivity index is 1.49. The Morgan fingerprint density at radius 3 is 3.00 bits per heavy atom. The molecule has 3 nitrogen and oxygen atoms in total. The maximum Gasteiger partial charge on any atom is 0.0795 e. The van der Waals surface area contributed by atoms with Gasteiger partial charge in [0, 0.05) is 31.1 Å². The van der Waals surface area contributed by atoms with E-state index in [1.54, 1.807) is 11.3 Å². The van der Waals surface area contributed by atoms with Crippen LogP contribution in [-0.4, -0.2) is 29.0 Å². The average Bonchev–Trinajstić information content (AvgIpc) is 3.00. The third-order valence-corrected chi connectivity index (χ3v) is 4.45. The molecule has 1 aromatic carbocycles. The third-order valence-electron chi connectivity index (χ3n) is 3.81. The van der Waals surface area contributed by atoms with Gasteiger partial charge in [0.15, 0.2) is 0 Å². The van der Waals surface area contributed by atoms with Gasteiger partial charge in [0.2, 0.25) is 0 Å². The van der Waals surface area contributed by atoms with Gasteiger partial charge in [0.1, 0.15) is 0 Å². The van der Waals surface area contributed by atoms with E-state index in [1.165, 1.54) is 24.9 Å². The largest absolute Gasteiger partial charge is 0.307 e. The van der Waals surface area contributed by atoms with Crippen molar-refractivity contribution in [1.29, 1.82) is 0 Å². The highest BCUT2D eigenvalue weighted by Gasteiger charge is 2.19. The van der Waals surface area contributed by atoms with E-state index in [2.05, 4.69) is 50.9 Å². The van der Waals surface area contributed by atoms with Gasteiger partial charge >= 0.3 is 0 Å². The second-order valence-electron chi connectivity index (χ2n) is 5.42. The monoisotopic (exact) mass is 287 g/mol. The van der Waals surface area contributed by atoms with Gasteiger partial charge in [-0.05, 0) is 24.9 Å². The summed E-state index contributed by atoms with van der Waals surface area (Å²) >= 11 is 1.67. The van der Waals surface area contributed by atoms with Crippen molar-refractivity contribution < 1.29 is 0 Å². The van der Waals surface area contributed by atoms with E-state index in [9.17, 15) is 0 Å². The summed E-state index contributed by atoms with van der Waals surface area (Å²) in [6, 6.07) is 11.3. The molecular weight excluding hydrogens is 266 g/mol. The molecule has 0 bridgehead atoms. The van der Waals surface area contributed by atoms with Crippen LogP contribution in [0.1, 0.15) is 24.1 Å². The van der Waals surface area contributed by atoms with Gasteiger partial charge in [-0.15, -0.1) is 11.3 Å². The van der Waals surface area contributed by atoms with Crippen molar-refractivity contribution in [1.82, 2.24) is 15.2 Å². The SMILES string of the molecule is c1ccc(CN2CCCC(NCc3cscn3)C2)cc1. The number of benzene rings is 1. The molecule has 1 aliphatic heterocycles. The maximum atomic E-state index is 4.33. The van der Waals surface area contributed by atoms with Crippen molar-refractivity contribution in [3.05, 3.63) is 52.5 Å². The summed E-state index contributed by atoms with van der Waals surface area (Å²) < 4.78 is 0. The second kappa shape index (κ2) is 6.97. The van der Waals surface area contributed by atoms with E-state index in [0.717, 1.165) is 25.3 Å². The zero-order valence-electron chi connectivity index (χ0n) is 11.7.